The zero-order chi connectivity index (χ0) is 13.0. The highest BCUT2D eigenvalue weighted by molar-refractivity contribution is 5.92. The Kier molecular flexibility index (Phi) is 3.54. The van der Waals surface area contributed by atoms with Crippen molar-refractivity contribution in [2.24, 2.45) is 0 Å². The largest absolute Gasteiger partial charge is 0.491 e. The van der Waals surface area contributed by atoms with Crippen molar-refractivity contribution >= 4 is 5.97 Å². The number of benzene rings is 1. The SMILES string of the molecule is O=C(O)c1ccc(OCCO)cc1-n1nccn1. The molecule has 7 nitrogen and oxygen atoms in total. The predicted octanol–water partition coefficient (Wildman–Crippen LogP) is 0.337. The number of carbonyl (C=O) groups is 1. The fraction of sp³-hybridized carbons (Fsp3) is 0.182. The van der Waals surface area contributed by atoms with E-state index in [1.807, 2.05) is 0 Å². The molecule has 0 bridgehead atoms. The fourth-order valence-electron chi connectivity index (χ4n) is 1.45. The fourth-order valence-corrected chi connectivity index (χ4v) is 1.45. The van der Waals surface area contributed by atoms with Crippen LogP contribution >= 0.6 is 0 Å². The van der Waals surface area contributed by atoms with Crippen molar-refractivity contribution in [1.29, 1.82) is 0 Å². The Balaban J connectivity index is 2.42. The van der Waals surface area contributed by atoms with E-state index in [0.29, 0.717) is 11.4 Å². The summed E-state index contributed by atoms with van der Waals surface area (Å²) in [7, 11) is 0. The summed E-state index contributed by atoms with van der Waals surface area (Å²) in [6, 6.07) is 4.44. The van der Waals surface area contributed by atoms with Gasteiger partial charge in [0.05, 0.1) is 24.6 Å². The third kappa shape index (κ3) is 2.46. The number of carboxylic acid groups (broad SMARTS) is 1. The molecule has 0 amide bonds. The summed E-state index contributed by atoms with van der Waals surface area (Å²) < 4.78 is 5.22. The van der Waals surface area contributed by atoms with Gasteiger partial charge in [0.25, 0.3) is 0 Å². The lowest BCUT2D eigenvalue weighted by molar-refractivity contribution is 0.0696. The molecule has 0 saturated carbocycles. The third-order valence-corrected chi connectivity index (χ3v) is 2.19. The minimum Gasteiger partial charge on any atom is -0.491 e. The summed E-state index contributed by atoms with van der Waals surface area (Å²) in [5.74, 6) is -0.627. The molecule has 0 atom stereocenters. The zero-order valence-corrected chi connectivity index (χ0v) is 9.35. The second-order valence-corrected chi connectivity index (χ2v) is 3.37. The lowest BCUT2D eigenvalue weighted by Gasteiger charge is -2.09. The van der Waals surface area contributed by atoms with E-state index in [1.165, 1.54) is 35.4 Å². The summed E-state index contributed by atoms with van der Waals surface area (Å²) in [4.78, 5) is 12.3. The highest BCUT2D eigenvalue weighted by Crippen LogP contribution is 2.20. The minimum absolute atomic E-state index is 0.0718. The molecule has 0 unspecified atom stereocenters. The third-order valence-electron chi connectivity index (χ3n) is 2.19. The molecule has 2 N–H and O–H groups in total. The number of rotatable bonds is 5. The quantitative estimate of drug-likeness (QED) is 0.792. The van der Waals surface area contributed by atoms with Crippen molar-refractivity contribution < 1.29 is 19.7 Å². The van der Waals surface area contributed by atoms with Crippen LogP contribution in [0.5, 0.6) is 5.75 Å². The van der Waals surface area contributed by atoms with Crippen molar-refractivity contribution in [1.82, 2.24) is 15.0 Å². The van der Waals surface area contributed by atoms with Gasteiger partial charge >= 0.3 is 5.97 Å². The maximum atomic E-state index is 11.1. The number of aliphatic hydroxyl groups is 1. The number of hydrogen-bond donors (Lipinski definition) is 2. The standard InChI is InChI=1S/C11H11N3O4/c15-5-6-18-8-1-2-9(11(16)17)10(7-8)14-12-3-4-13-14/h1-4,7,15H,5-6H2,(H,16,17). The van der Waals surface area contributed by atoms with E-state index < -0.39 is 5.97 Å². The van der Waals surface area contributed by atoms with Gasteiger partial charge in [0, 0.05) is 6.07 Å². The number of nitrogens with zero attached hydrogens (tertiary/aromatic N) is 3. The molecule has 2 rings (SSSR count). The van der Waals surface area contributed by atoms with Crippen LogP contribution in [0.15, 0.2) is 30.6 Å². The molecule has 18 heavy (non-hydrogen) atoms. The van der Waals surface area contributed by atoms with Crippen molar-refractivity contribution in [3.05, 3.63) is 36.2 Å². The summed E-state index contributed by atoms with van der Waals surface area (Å²) in [5, 5.41) is 25.5. The maximum absolute atomic E-state index is 11.1. The van der Waals surface area contributed by atoms with Crippen LogP contribution in [0.25, 0.3) is 5.69 Å². The molecule has 0 aliphatic rings. The van der Waals surface area contributed by atoms with E-state index in [4.69, 9.17) is 14.9 Å². The number of carboxylic acids is 1. The number of aromatic carboxylic acids is 1. The van der Waals surface area contributed by atoms with E-state index in [0.717, 1.165) is 0 Å². The first-order chi connectivity index (χ1) is 8.72. The van der Waals surface area contributed by atoms with E-state index in [1.54, 1.807) is 0 Å². The van der Waals surface area contributed by atoms with E-state index in [2.05, 4.69) is 10.2 Å². The minimum atomic E-state index is -1.07. The highest BCUT2D eigenvalue weighted by atomic mass is 16.5. The smallest absolute Gasteiger partial charge is 0.337 e. The Hall–Kier alpha value is -2.41. The molecule has 0 saturated heterocycles. The summed E-state index contributed by atoms with van der Waals surface area (Å²) >= 11 is 0. The first-order valence-electron chi connectivity index (χ1n) is 5.20. The van der Waals surface area contributed by atoms with Gasteiger partial charge in [0.15, 0.2) is 0 Å². The number of hydrogen-bond acceptors (Lipinski definition) is 5. The van der Waals surface area contributed by atoms with Gasteiger partial charge in [-0.15, -0.1) is 0 Å². The normalized spacial score (nSPS) is 10.3. The molecule has 94 valence electrons. The van der Waals surface area contributed by atoms with E-state index >= 15 is 0 Å². The first kappa shape index (κ1) is 12.1. The van der Waals surface area contributed by atoms with E-state index in [-0.39, 0.29) is 18.8 Å². The van der Waals surface area contributed by atoms with Gasteiger partial charge in [-0.2, -0.15) is 15.0 Å². The van der Waals surface area contributed by atoms with Crippen LogP contribution in [-0.2, 0) is 0 Å². The molecule has 7 heteroatoms. The molecule has 2 aromatic rings. The maximum Gasteiger partial charge on any atom is 0.337 e. The lowest BCUT2D eigenvalue weighted by atomic mass is 10.2. The molecule has 0 aliphatic carbocycles. The summed E-state index contributed by atoms with van der Waals surface area (Å²) in [6.45, 7) is 0.0223. The second-order valence-electron chi connectivity index (χ2n) is 3.37. The average molecular weight is 249 g/mol. The van der Waals surface area contributed by atoms with Crippen LogP contribution in [0.2, 0.25) is 0 Å². The van der Waals surface area contributed by atoms with Gasteiger partial charge in [-0.25, -0.2) is 4.79 Å². The predicted molar refractivity (Wildman–Crippen MR) is 60.9 cm³/mol. The van der Waals surface area contributed by atoms with Crippen molar-refractivity contribution in [3.63, 3.8) is 0 Å². The highest BCUT2D eigenvalue weighted by Gasteiger charge is 2.14. The second kappa shape index (κ2) is 5.28. The molecule has 0 fully saturated rings. The molecule has 1 aromatic heterocycles. The Morgan fingerprint density at radius 1 is 1.33 bits per heavy atom. The monoisotopic (exact) mass is 249 g/mol. The van der Waals surface area contributed by atoms with Crippen molar-refractivity contribution in [2.75, 3.05) is 13.2 Å². The molecule has 0 spiro atoms. The molecule has 1 heterocycles. The molecular weight excluding hydrogens is 238 g/mol. The summed E-state index contributed by atoms with van der Waals surface area (Å²) in [6.07, 6.45) is 2.90. The van der Waals surface area contributed by atoms with Crippen LogP contribution < -0.4 is 4.74 Å². The van der Waals surface area contributed by atoms with Gasteiger partial charge in [-0.1, -0.05) is 0 Å². The van der Waals surface area contributed by atoms with E-state index in [9.17, 15) is 4.79 Å². The van der Waals surface area contributed by atoms with Gasteiger partial charge in [0.1, 0.15) is 18.0 Å². The Morgan fingerprint density at radius 3 is 2.67 bits per heavy atom. The van der Waals surface area contributed by atoms with Crippen LogP contribution in [0.1, 0.15) is 10.4 Å². The average Bonchev–Trinajstić information content (AvgIpc) is 2.89. The molecular formula is C11H11N3O4. The van der Waals surface area contributed by atoms with Crippen LogP contribution in [0.3, 0.4) is 0 Å². The zero-order valence-electron chi connectivity index (χ0n) is 9.35. The van der Waals surface area contributed by atoms with Gasteiger partial charge in [-0.3, -0.25) is 0 Å². The Morgan fingerprint density at radius 2 is 2.06 bits per heavy atom. The van der Waals surface area contributed by atoms with Crippen molar-refractivity contribution in [3.8, 4) is 11.4 Å². The van der Waals surface area contributed by atoms with Crippen molar-refractivity contribution in [2.45, 2.75) is 0 Å². The lowest BCUT2D eigenvalue weighted by Crippen LogP contribution is -2.09. The molecule has 0 radical (unpaired) electrons. The molecule has 0 aliphatic heterocycles. The Bertz CT molecular complexity index is 539. The molecule has 1 aromatic carbocycles. The van der Waals surface area contributed by atoms with Gasteiger partial charge in [0.2, 0.25) is 0 Å². The number of aliphatic hydroxyl groups excluding tert-OH is 1. The number of ether oxygens (including phenoxy) is 1. The van der Waals surface area contributed by atoms with Crippen LogP contribution in [-0.4, -0.2) is 44.4 Å². The first-order valence-corrected chi connectivity index (χ1v) is 5.20. The summed E-state index contributed by atoms with van der Waals surface area (Å²) in [5.41, 5.74) is 0.380. The van der Waals surface area contributed by atoms with Gasteiger partial charge < -0.3 is 14.9 Å². The Labute approximate surface area is 102 Å². The van der Waals surface area contributed by atoms with Crippen LogP contribution in [0, 0.1) is 0 Å². The topological polar surface area (TPSA) is 97.5 Å². The van der Waals surface area contributed by atoms with Gasteiger partial charge in [-0.05, 0) is 12.1 Å². The number of aromatic nitrogens is 3. The van der Waals surface area contributed by atoms with Crippen LogP contribution in [0.4, 0.5) is 0 Å².